The van der Waals surface area contributed by atoms with Gasteiger partial charge in [-0.15, -0.1) is 0 Å². The minimum atomic E-state index is -0.928. The van der Waals surface area contributed by atoms with E-state index in [1.54, 1.807) is 33.2 Å². The van der Waals surface area contributed by atoms with E-state index in [9.17, 15) is 10.2 Å². The molecule has 1 atom stereocenters. The van der Waals surface area contributed by atoms with Gasteiger partial charge in [0, 0.05) is 6.20 Å². The molecule has 1 heterocycles. The Bertz CT molecular complexity index is 401. The highest BCUT2D eigenvalue weighted by Gasteiger charge is 2.35. The molecule has 0 spiro atoms. The Hall–Kier alpha value is -0.945. The topological polar surface area (TPSA) is 74.6 Å². The first kappa shape index (κ1) is 16.1. The molecule has 5 nitrogen and oxygen atoms in total. The fourth-order valence-electron chi connectivity index (χ4n) is 1.27. The molecule has 19 heavy (non-hydrogen) atoms. The molecular weight excluding hydrogens is 243 g/mol. The van der Waals surface area contributed by atoms with Crippen LogP contribution in [-0.2, 0) is 4.65 Å². The fourth-order valence-corrected chi connectivity index (χ4v) is 1.27. The van der Waals surface area contributed by atoms with Crippen molar-refractivity contribution in [2.24, 2.45) is 0 Å². The molecule has 1 rings (SSSR count). The van der Waals surface area contributed by atoms with E-state index < -0.39 is 17.4 Å². The summed E-state index contributed by atoms with van der Waals surface area (Å²) in [5.74, 6) is 0. The summed E-state index contributed by atoms with van der Waals surface area (Å²) in [4.78, 5) is 4.16. The van der Waals surface area contributed by atoms with Crippen LogP contribution < -0.4 is 10.8 Å². The van der Waals surface area contributed by atoms with Gasteiger partial charge in [0.1, 0.15) is 6.23 Å². The van der Waals surface area contributed by atoms with Crippen molar-refractivity contribution in [3.05, 3.63) is 24.0 Å². The number of aliphatic hydroxyl groups excluding tert-OH is 1. The third-order valence-electron chi connectivity index (χ3n) is 3.47. The molecule has 1 aromatic rings. The summed E-state index contributed by atoms with van der Waals surface area (Å²) in [6.45, 7) is 7.13. The van der Waals surface area contributed by atoms with Crippen LogP contribution in [-0.4, -0.2) is 40.9 Å². The van der Waals surface area contributed by atoms with E-state index in [2.05, 4.69) is 10.3 Å². The average molecular weight is 266 g/mol. The minimum absolute atomic E-state index is 0.361. The second kappa shape index (κ2) is 6.01. The van der Waals surface area contributed by atoms with Gasteiger partial charge in [0.15, 0.2) is 0 Å². The number of rotatable bonds is 6. The monoisotopic (exact) mass is 266 g/mol. The summed E-state index contributed by atoms with van der Waals surface area (Å²) in [6.07, 6.45) is 0.902. The smallest absolute Gasteiger partial charge is 0.311 e. The SMILES string of the molecule is CNC(O)c1ccc(BOC(C)(C)C(C)(C)O)cn1. The molecule has 0 aliphatic heterocycles. The molecule has 0 aliphatic rings. The highest BCUT2D eigenvalue weighted by molar-refractivity contribution is 6.46. The Morgan fingerprint density at radius 3 is 2.37 bits per heavy atom. The van der Waals surface area contributed by atoms with Crippen molar-refractivity contribution in [2.45, 2.75) is 45.1 Å². The molecule has 0 bridgehead atoms. The molecule has 1 unspecified atom stereocenters. The molecule has 0 fully saturated rings. The van der Waals surface area contributed by atoms with Gasteiger partial charge in [-0.05, 0) is 46.3 Å². The summed E-state index contributed by atoms with van der Waals surface area (Å²) in [5, 5.41) is 22.2. The van der Waals surface area contributed by atoms with E-state index in [1.165, 1.54) is 0 Å². The Kier molecular flexibility index (Phi) is 5.09. The third-order valence-corrected chi connectivity index (χ3v) is 3.47. The van der Waals surface area contributed by atoms with Crippen LogP contribution in [0, 0.1) is 0 Å². The number of aliphatic hydroxyl groups is 2. The van der Waals surface area contributed by atoms with Gasteiger partial charge >= 0.3 is 7.48 Å². The van der Waals surface area contributed by atoms with Crippen molar-refractivity contribution in [1.82, 2.24) is 10.3 Å². The number of hydrogen-bond acceptors (Lipinski definition) is 5. The second-order valence-corrected chi connectivity index (χ2v) is 5.64. The molecule has 6 heteroatoms. The number of nitrogens with zero attached hydrogens (tertiary/aromatic N) is 1. The highest BCUT2D eigenvalue weighted by Crippen LogP contribution is 2.24. The fraction of sp³-hybridized carbons (Fsp3) is 0.615. The van der Waals surface area contributed by atoms with Gasteiger partial charge in [-0.2, -0.15) is 0 Å². The molecule has 0 saturated carbocycles. The first-order valence-corrected chi connectivity index (χ1v) is 6.34. The number of hydrogen-bond donors (Lipinski definition) is 3. The van der Waals surface area contributed by atoms with E-state index in [1.807, 2.05) is 19.9 Å². The molecule has 3 N–H and O–H groups in total. The molecule has 0 amide bonds. The molecular formula is C13H23BN2O3. The average Bonchev–Trinajstić information content (AvgIpc) is 2.35. The first-order valence-electron chi connectivity index (χ1n) is 6.34. The summed E-state index contributed by atoms with van der Waals surface area (Å²) in [5.41, 5.74) is -0.129. The standard InChI is InChI=1S/C13H23BN2O3/c1-12(2,18)13(3,4)19-14-9-6-7-10(16-8-9)11(17)15-5/h6-8,11,14-15,17-18H,1-5H3. The normalized spacial score (nSPS) is 14.3. The molecule has 0 aromatic carbocycles. The predicted octanol–water partition coefficient (Wildman–Crippen LogP) is -0.165. The number of pyridine rings is 1. The van der Waals surface area contributed by atoms with Gasteiger partial charge in [0.2, 0.25) is 0 Å². The zero-order valence-corrected chi connectivity index (χ0v) is 12.3. The quantitative estimate of drug-likeness (QED) is 0.492. The summed E-state index contributed by atoms with van der Waals surface area (Å²) >= 11 is 0. The Labute approximate surface area is 115 Å². The Morgan fingerprint density at radius 2 is 1.95 bits per heavy atom. The molecule has 1 aromatic heterocycles. The Morgan fingerprint density at radius 1 is 1.32 bits per heavy atom. The van der Waals surface area contributed by atoms with Crippen molar-refractivity contribution in [2.75, 3.05) is 7.05 Å². The summed E-state index contributed by atoms with van der Waals surface area (Å²) in [7, 11) is 2.02. The van der Waals surface area contributed by atoms with Gasteiger partial charge < -0.3 is 14.9 Å². The van der Waals surface area contributed by atoms with Crippen LogP contribution in [0.4, 0.5) is 0 Å². The van der Waals surface area contributed by atoms with Gasteiger partial charge in [0.05, 0.1) is 16.9 Å². The van der Waals surface area contributed by atoms with E-state index in [0.29, 0.717) is 13.2 Å². The molecule has 0 aliphatic carbocycles. The van der Waals surface area contributed by atoms with E-state index in [-0.39, 0.29) is 0 Å². The highest BCUT2D eigenvalue weighted by atomic mass is 16.5. The van der Waals surface area contributed by atoms with Crippen LogP contribution in [0.2, 0.25) is 0 Å². The lowest BCUT2D eigenvalue weighted by Gasteiger charge is -2.37. The zero-order valence-electron chi connectivity index (χ0n) is 12.3. The van der Waals surface area contributed by atoms with E-state index >= 15 is 0 Å². The van der Waals surface area contributed by atoms with Gasteiger partial charge in [-0.25, -0.2) is 0 Å². The van der Waals surface area contributed by atoms with Gasteiger partial charge in [-0.1, -0.05) is 6.07 Å². The van der Waals surface area contributed by atoms with Crippen molar-refractivity contribution in [3.8, 4) is 0 Å². The van der Waals surface area contributed by atoms with Gasteiger partial charge in [0.25, 0.3) is 0 Å². The van der Waals surface area contributed by atoms with E-state index in [0.717, 1.165) is 5.46 Å². The second-order valence-electron chi connectivity index (χ2n) is 5.64. The zero-order chi connectivity index (χ0) is 14.7. The third kappa shape index (κ3) is 4.28. The predicted molar refractivity (Wildman–Crippen MR) is 76.5 cm³/mol. The van der Waals surface area contributed by atoms with Crippen molar-refractivity contribution < 1.29 is 14.9 Å². The maximum atomic E-state index is 9.99. The lowest BCUT2D eigenvalue weighted by atomic mass is 9.83. The molecule has 0 saturated heterocycles. The largest absolute Gasteiger partial charge is 0.427 e. The van der Waals surface area contributed by atoms with Crippen LogP contribution in [0.1, 0.15) is 39.6 Å². The Balaban J connectivity index is 2.65. The van der Waals surface area contributed by atoms with Crippen molar-refractivity contribution >= 4 is 12.9 Å². The van der Waals surface area contributed by atoms with Crippen molar-refractivity contribution in [3.63, 3.8) is 0 Å². The lowest BCUT2D eigenvalue weighted by Crippen LogP contribution is -2.49. The van der Waals surface area contributed by atoms with Crippen LogP contribution in [0.5, 0.6) is 0 Å². The van der Waals surface area contributed by atoms with Crippen LogP contribution in [0.3, 0.4) is 0 Å². The maximum absolute atomic E-state index is 9.99. The number of nitrogens with one attached hydrogen (secondary N) is 1. The van der Waals surface area contributed by atoms with Crippen LogP contribution in [0.25, 0.3) is 0 Å². The van der Waals surface area contributed by atoms with Gasteiger partial charge in [-0.3, -0.25) is 10.3 Å². The first-order chi connectivity index (χ1) is 8.67. The lowest BCUT2D eigenvalue weighted by molar-refractivity contribution is -0.0893. The molecule has 0 radical (unpaired) electrons. The molecule has 106 valence electrons. The minimum Gasteiger partial charge on any atom is -0.427 e. The summed E-state index contributed by atoms with van der Waals surface area (Å²) < 4.78 is 5.74. The summed E-state index contributed by atoms with van der Waals surface area (Å²) in [6, 6.07) is 3.60. The number of aromatic nitrogens is 1. The van der Waals surface area contributed by atoms with Crippen LogP contribution in [0.15, 0.2) is 18.3 Å². The van der Waals surface area contributed by atoms with Crippen LogP contribution >= 0.6 is 0 Å². The van der Waals surface area contributed by atoms with E-state index in [4.69, 9.17) is 4.65 Å². The maximum Gasteiger partial charge on any atom is 0.311 e. The van der Waals surface area contributed by atoms with Crippen molar-refractivity contribution in [1.29, 1.82) is 0 Å².